The molecule has 4 rings (SSSR count). The summed E-state index contributed by atoms with van der Waals surface area (Å²) < 4.78 is 0. The van der Waals surface area contributed by atoms with Crippen molar-refractivity contribution >= 4 is 39.7 Å². The molecule has 0 saturated carbocycles. The van der Waals surface area contributed by atoms with Crippen LogP contribution in [0.15, 0.2) is 53.2 Å². The third-order valence-corrected chi connectivity index (χ3v) is 6.79. The molecule has 7 nitrogen and oxygen atoms in total. The van der Waals surface area contributed by atoms with Gasteiger partial charge in [0.15, 0.2) is 11.5 Å². The van der Waals surface area contributed by atoms with Gasteiger partial charge in [0, 0.05) is 37.6 Å². The van der Waals surface area contributed by atoms with Crippen molar-refractivity contribution in [3.05, 3.63) is 64.3 Å². The number of hydrazine groups is 1. The van der Waals surface area contributed by atoms with Crippen molar-refractivity contribution in [2.24, 2.45) is 0 Å². The summed E-state index contributed by atoms with van der Waals surface area (Å²) in [5.41, 5.74) is 3.42. The van der Waals surface area contributed by atoms with Crippen LogP contribution in [0.5, 0.6) is 0 Å². The van der Waals surface area contributed by atoms with Crippen LogP contribution >= 0.6 is 9.24 Å². The van der Waals surface area contributed by atoms with E-state index in [1.807, 2.05) is 24.1 Å². The Labute approximate surface area is 191 Å². The lowest BCUT2D eigenvalue weighted by Gasteiger charge is -2.52. The number of carbonyl (C=O) groups is 1. The number of hydrogen-bond donors (Lipinski definition) is 2. The van der Waals surface area contributed by atoms with E-state index in [1.165, 1.54) is 0 Å². The largest absolute Gasteiger partial charge is 0.504 e. The summed E-state index contributed by atoms with van der Waals surface area (Å²) in [6, 6.07) is 3.92. The Bertz CT molecular complexity index is 1100. The molecule has 3 aliphatic rings. The first-order valence-electron chi connectivity index (χ1n) is 10.6. The molecule has 164 valence electrons. The molecule has 2 N–H and O–H groups in total. The number of rotatable bonds is 4. The molecule has 2 atom stereocenters. The molecule has 2 saturated heterocycles. The molecule has 0 aromatic heterocycles. The van der Waals surface area contributed by atoms with Crippen LogP contribution in [0.3, 0.4) is 0 Å². The second kappa shape index (κ2) is 8.63. The van der Waals surface area contributed by atoms with Gasteiger partial charge in [-0.2, -0.15) is 5.01 Å². The predicted molar refractivity (Wildman–Crippen MR) is 128 cm³/mol. The summed E-state index contributed by atoms with van der Waals surface area (Å²) in [4.78, 5) is 26.4. The van der Waals surface area contributed by atoms with Crippen LogP contribution in [0, 0.1) is 6.92 Å². The van der Waals surface area contributed by atoms with Gasteiger partial charge in [0.05, 0.1) is 0 Å². The molecule has 0 spiro atoms. The van der Waals surface area contributed by atoms with Crippen LogP contribution in [0.25, 0.3) is 0 Å². The lowest BCUT2D eigenvalue weighted by Crippen LogP contribution is -2.63. The zero-order chi connectivity index (χ0) is 23.2. The van der Waals surface area contributed by atoms with Gasteiger partial charge >= 0.3 is 0 Å². The van der Waals surface area contributed by atoms with E-state index >= 15 is 0 Å². The highest BCUT2D eigenvalue weighted by Crippen LogP contribution is 2.38. The van der Waals surface area contributed by atoms with Crippen LogP contribution in [-0.4, -0.2) is 59.5 Å². The number of aliphatic hydroxyl groups is 1. The van der Waals surface area contributed by atoms with Gasteiger partial charge < -0.3 is 15.3 Å². The molecule has 1 aromatic carbocycles. The zero-order valence-electron chi connectivity index (χ0n) is 18.3. The number of aliphatic hydroxyl groups excluding tert-OH is 1. The molecule has 0 aliphatic carbocycles. The predicted octanol–water partition coefficient (Wildman–Crippen LogP) is 0.819. The molecule has 1 aromatic rings. The number of hydrogen-bond acceptors (Lipinski definition) is 6. The Morgan fingerprint density at radius 2 is 2.16 bits per heavy atom. The van der Waals surface area contributed by atoms with Gasteiger partial charge in [-0.15, -0.1) is 9.24 Å². The van der Waals surface area contributed by atoms with Crippen molar-refractivity contribution in [1.82, 2.24) is 20.2 Å². The molecule has 3 aliphatic heterocycles. The molecule has 32 heavy (non-hydrogen) atoms. The highest BCUT2D eigenvalue weighted by atomic mass is 31.0. The molecular formula is C23H26BN4O3P. The van der Waals surface area contributed by atoms with Crippen LogP contribution in [0.4, 0.5) is 0 Å². The van der Waals surface area contributed by atoms with Gasteiger partial charge in [0.2, 0.25) is 0 Å². The fraction of sp³-hybridized carbons (Fsp3) is 0.348. The summed E-state index contributed by atoms with van der Waals surface area (Å²) in [5.74, 6) is 1.09. The summed E-state index contributed by atoms with van der Waals surface area (Å²) in [6.45, 7) is 7.18. The molecule has 9 heteroatoms. The Kier molecular flexibility index (Phi) is 6.04. The summed E-state index contributed by atoms with van der Waals surface area (Å²) in [5, 5.41) is 18.8. The lowest BCUT2D eigenvalue weighted by atomic mass is 9.88. The SMILES string of the molecule is [B]c1cc(C)cc(P)c1CNC(=C)C1=CN2C(=C(O)C1=C=O)C(=O)N(C)[C@@H]1CCCCN12. The summed E-state index contributed by atoms with van der Waals surface area (Å²) >= 11 is 0. The third kappa shape index (κ3) is 3.69. The first kappa shape index (κ1) is 22.4. The van der Waals surface area contributed by atoms with Crippen LogP contribution in [-0.2, 0) is 16.1 Å². The molecule has 3 heterocycles. The van der Waals surface area contributed by atoms with Gasteiger partial charge in [-0.1, -0.05) is 29.7 Å². The number of amides is 1. The van der Waals surface area contributed by atoms with Crippen molar-refractivity contribution in [3.8, 4) is 0 Å². The lowest BCUT2D eigenvalue weighted by molar-refractivity contribution is -0.161. The van der Waals surface area contributed by atoms with Gasteiger partial charge in [-0.05, 0) is 37.1 Å². The van der Waals surface area contributed by atoms with E-state index in [4.69, 9.17) is 7.85 Å². The highest BCUT2D eigenvalue weighted by Gasteiger charge is 2.45. The summed E-state index contributed by atoms with van der Waals surface area (Å²) in [7, 11) is 10.6. The quantitative estimate of drug-likeness (QED) is 0.404. The minimum atomic E-state index is -0.386. The van der Waals surface area contributed by atoms with E-state index in [0.29, 0.717) is 23.3 Å². The van der Waals surface area contributed by atoms with E-state index in [1.54, 1.807) is 29.1 Å². The Morgan fingerprint density at radius 3 is 2.84 bits per heavy atom. The van der Waals surface area contributed by atoms with Gasteiger partial charge in [0.1, 0.15) is 25.5 Å². The average molecular weight is 448 g/mol. The fourth-order valence-electron chi connectivity index (χ4n) is 4.55. The van der Waals surface area contributed by atoms with Crippen LogP contribution in [0.1, 0.15) is 30.4 Å². The van der Waals surface area contributed by atoms with Gasteiger partial charge in [-0.3, -0.25) is 9.80 Å². The number of allylic oxidation sites excluding steroid dienone is 2. The monoisotopic (exact) mass is 448 g/mol. The number of fused-ring (bicyclic) bond motifs is 3. The number of likely N-dealkylation sites (N-methyl/N-ethyl adjacent to an activating group) is 1. The third-order valence-electron chi connectivity index (χ3n) is 6.27. The molecule has 0 bridgehead atoms. The number of piperidine rings is 1. The van der Waals surface area contributed by atoms with E-state index in [-0.39, 0.29) is 29.1 Å². The van der Waals surface area contributed by atoms with Crippen LogP contribution in [0.2, 0.25) is 0 Å². The number of nitrogens with zero attached hydrogens (tertiary/aromatic N) is 3. The van der Waals surface area contributed by atoms with Crippen molar-refractivity contribution < 1.29 is 14.7 Å². The van der Waals surface area contributed by atoms with Gasteiger partial charge in [-0.25, -0.2) is 4.79 Å². The smallest absolute Gasteiger partial charge is 0.276 e. The topological polar surface area (TPSA) is 76.1 Å². The zero-order valence-corrected chi connectivity index (χ0v) is 19.5. The standard InChI is InChI=1S/C23H26BN4O3P/c1-13-8-18(24)15(19(32)9-13)10-25-14(2)16-11-28-21(22(30)17(16)12-29)23(31)26(3)20-6-4-5-7-27(20)28/h8-9,11,20,25,30H,2,4-7,10,32H2,1,3H3/t20-/m0/s1. The molecular weight excluding hydrogens is 422 g/mol. The number of benzene rings is 1. The maximum atomic E-state index is 13.0. The second-order valence-corrected chi connectivity index (χ2v) is 8.99. The Balaban J connectivity index is 1.66. The summed E-state index contributed by atoms with van der Waals surface area (Å²) in [6.07, 6.45) is 4.44. The fourth-order valence-corrected chi connectivity index (χ4v) is 5.09. The molecule has 1 unspecified atom stereocenters. The Hall–Kier alpha value is -2.79. The van der Waals surface area contributed by atoms with E-state index in [0.717, 1.165) is 42.2 Å². The second-order valence-electron chi connectivity index (χ2n) is 8.37. The van der Waals surface area contributed by atoms with E-state index in [2.05, 4.69) is 21.1 Å². The van der Waals surface area contributed by atoms with E-state index in [9.17, 15) is 14.7 Å². The number of carbonyl (C=O) groups excluding carboxylic acids is 2. The molecule has 2 fully saturated rings. The van der Waals surface area contributed by atoms with Crippen molar-refractivity contribution in [1.29, 1.82) is 0 Å². The maximum absolute atomic E-state index is 13.0. The molecule has 2 radical (unpaired) electrons. The van der Waals surface area contributed by atoms with Crippen molar-refractivity contribution in [2.45, 2.75) is 38.9 Å². The average Bonchev–Trinajstić information content (AvgIpc) is 2.76. The number of nitrogens with one attached hydrogen (secondary N) is 1. The highest BCUT2D eigenvalue weighted by molar-refractivity contribution is 7.27. The van der Waals surface area contributed by atoms with Crippen LogP contribution < -0.4 is 16.1 Å². The Morgan fingerprint density at radius 1 is 1.41 bits per heavy atom. The maximum Gasteiger partial charge on any atom is 0.276 e. The minimum Gasteiger partial charge on any atom is -0.504 e. The van der Waals surface area contributed by atoms with E-state index < -0.39 is 0 Å². The number of aryl methyl sites for hydroxylation is 1. The van der Waals surface area contributed by atoms with Crippen molar-refractivity contribution in [2.75, 3.05) is 13.6 Å². The minimum absolute atomic E-state index is 0.0653. The normalized spacial score (nSPS) is 21.1. The van der Waals surface area contributed by atoms with Crippen molar-refractivity contribution in [3.63, 3.8) is 0 Å². The first-order chi connectivity index (χ1) is 15.2. The molecule has 1 amide bonds. The van der Waals surface area contributed by atoms with Gasteiger partial charge in [0.25, 0.3) is 5.91 Å². The first-order valence-corrected chi connectivity index (χ1v) is 11.1.